The van der Waals surface area contributed by atoms with Crippen LogP contribution in [-0.2, 0) is 52.1 Å². The highest BCUT2D eigenvalue weighted by molar-refractivity contribution is 7.92. The molecule has 2 aliphatic carbocycles. The van der Waals surface area contributed by atoms with Crippen molar-refractivity contribution in [3.63, 3.8) is 0 Å². The van der Waals surface area contributed by atoms with Gasteiger partial charge in [0.05, 0.1) is 18.8 Å². The summed E-state index contributed by atoms with van der Waals surface area (Å²) in [7, 11) is -5.99. The van der Waals surface area contributed by atoms with Crippen LogP contribution in [-0.4, -0.2) is 41.0 Å². The minimum atomic E-state index is -3.87. The SMILES string of the molecule is CC(C)(C)[Si](C)(C)O[C@H]1COc2c(S(=O)(=NC(c3ccccc3)(c3ccccc3)c3ccccc3)NC(=O)Nc3c4c(cc5c3CCC5)CCC4)cnn2C1. The molecule has 5 aromatic rings. The lowest BCUT2D eigenvalue weighted by molar-refractivity contribution is 0.0615. The van der Waals surface area contributed by atoms with E-state index in [4.69, 9.17) is 18.6 Å². The number of urea groups is 1. The zero-order valence-corrected chi connectivity index (χ0v) is 34.2. The Morgan fingerprint density at radius 3 is 1.89 bits per heavy atom. The van der Waals surface area contributed by atoms with Gasteiger partial charge in [-0.25, -0.2) is 18.4 Å². The second kappa shape index (κ2) is 14.4. The predicted octanol–water partition coefficient (Wildman–Crippen LogP) is 9.20. The standard InChI is InChI=1S/C44H51N5O4SSi/c1-43(2,3)55(4,5)53-36-29-49-41(52-30-36)39(28-45-49)54(51,47-42(50)46-40-37-25-15-17-31(37)27-32-18-16-26-38(32)40)48-44(33-19-9-6-10-20-33,34-21-11-7-12-22-34)35-23-13-8-14-24-35/h6-14,19-24,27-28,36H,15-18,25-26,29-30H2,1-5H3,(H2,46,47,48,50,51)/t36-,54?/m1/s1. The quantitative estimate of drug-likeness (QED) is 0.115. The van der Waals surface area contributed by atoms with E-state index in [1.165, 1.54) is 22.3 Å². The number of nitrogens with one attached hydrogen (secondary N) is 2. The Morgan fingerprint density at radius 1 is 0.855 bits per heavy atom. The lowest BCUT2D eigenvalue weighted by Crippen LogP contribution is -2.47. The number of nitrogens with zero attached hydrogens (tertiary/aromatic N) is 3. The molecule has 0 radical (unpaired) electrons. The number of hydrogen-bond acceptors (Lipinski definition) is 6. The molecule has 1 aromatic heterocycles. The van der Waals surface area contributed by atoms with Crippen LogP contribution >= 0.6 is 0 Å². The predicted molar refractivity (Wildman–Crippen MR) is 220 cm³/mol. The van der Waals surface area contributed by atoms with Gasteiger partial charge < -0.3 is 14.5 Å². The van der Waals surface area contributed by atoms with E-state index in [1.807, 2.05) is 91.0 Å². The molecule has 2 N–H and O–H groups in total. The molecule has 55 heavy (non-hydrogen) atoms. The smallest absolute Gasteiger partial charge is 0.331 e. The van der Waals surface area contributed by atoms with Crippen molar-refractivity contribution in [3.05, 3.63) is 142 Å². The van der Waals surface area contributed by atoms with Gasteiger partial charge in [-0.05, 0) is 95.6 Å². The van der Waals surface area contributed by atoms with Gasteiger partial charge in [0.15, 0.2) is 18.2 Å². The molecule has 0 fully saturated rings. The first-order valence-corrected chi connectivity index (χ1v) is 23.9. The van der Waals surface area contributed by atoms with Crippen LogP contribution in [0, 0.1) is 0 Å². The molecule has 0 bridgehead atoms. The van der Waals surface area contributed by atoms with Crippen molar-refractivity contribution < 1.29 is 18.2 Å². The van der Waals surface area contributed by atoms with Crippen molar-refractivity contribution in [2.45, 2.75) is 101 Å². The van der Waals surface area contributed by atoms with E-state index < -0.39 is 29.8 Å². The Kier molecular flexibility index (Phi) is 9.76. The summed E-state index contributed by atoms with van der Waals surface area (Å²) in [6, 6.07) is 31.3. The number of aromatic nitrogens is 2. The molecule has 2 heterocycles. The summed E-state index contributed by atoms with van der Waals surface area (Å²) in [6.07, 6.45) is 7.21. The van der Waals surface area contributed by atoms with Crippen molar-refractivity contribution >= 4 is 30.0 Å². The average molecular weight is 774 g/mol. The Labute approximate surface area is 326 Å². The van der Waals surface area contributed by atoms with E-state index in [1.54, 1.807) is 10.9 Å². The van der Waals surface area contributed by atoms with Gasteiger partial charge in [-0.3, -0.25) is 0 Å². The highest BCUT2D eigenvalue weighted by Gasteiger charge is 2.43. The van der Waals surface area contributed by atoms with Crippen molar-refractivity contribution in [3.8, 4) is 5.88 Å². The number of amides is 2. The van der Waals surface area contributed by atoms with Crippen molar-refractivity contribution in [1.82, 2.24) is 14.5 Å². The fourth-order valence-corrected chi connectivity index (χ4v) is 11.3. The van der Waals surface area contributed by atoms with E-state index in [0.29, 0.717) is 12.4 Å². The van der Waals surface area contributed by atoms with Crippen LogP contribution in [0.5, 0.6) is 5.88 Å². The van der Waals surface area contributed by atoms with Gasteiger partial charge in [-0.2, -0.15) is 9.46 Å². The van der Waals surface area contributed by atoms with Crippen molar-refractivity contribution in [2.75, 3.05) is 11.9 Å². The molecular formula is C44H51N5O4SSi. The summed E-state index contributed by atoms with van der Waals surface area (Å²) >= 11 is 0. The lowest BCUT2D eigenvalue weighted by atomic mass is 9.78. The van der Waals surface area contributed by atoms with E-state index in [0.717, 1.165) is 60.9 Å². The lowest BCUT2D eigenvalue weighted by Gasteiger charge is -2.40. The van der Waals surface area contributed by atoms with Gasteiger partial charge in [0.25, 0.3) is 0 Å². The minimum absolute atomic E-state index is 0.0155. The molecule has 286 valence electrons. The van der Waals surface area contributed by atoms with Gasteiger partial charge in [-0.15, -0.1) is 0 Å². The molecule has 2 atom stereocenters. The van der Waals surface area contributed by atoms with E-state index >= 15 is 4.21 Å². The van der Waals surface area contributed by atoms with Gasteiger partial charge in [0.2, 0.25) is 5.88 Å². The van der Waals surface area contributed by atoms with Crippen LogP contribution in [0.4, 0.5) is 10.5 Å². The van der Waals surface area contributed by atoms with Crippen LogP contribution in [0.3, 0.4) is 0 Å². The third-order valence-corrected chi connectivity index (χ3v) is 18.3. The molecule has 3 aliphatic rings. The van der Waals surface area contributed by atoms with E-state index in [-0.39, 0.29) is 22.6 Å². The first kappa shape index (κ1) is 37.2. The van der Waals surface area contributed by atoms with Crippen LogP contribution in [0.25, 0.3) is 0 Å². The third-order valence-electron chi connectivity index (χ3n) is 11.9. The molecule has 0 saturated carbocycles. The summed E-state index contributed by atoms with van der Waals surface area (Å²) in [6.45, 7) is 11.8. The van der Waals surface area contributed by atoms with E-state index in [2.05, 4.69) is 50.0 Å². The highest BCUT2D eigenvalue weighted by atomic mass is 32.2. The fourth-order valence-electron chi connectivity index (χ4n) is 8.15. The van der Waals surface area contributed by atoms with E-state index in [9.17, 15) is 4.79 Å². The van der Waals surface area contributed by atoms with Crippen LogP contribution in [0.2, 0.25) is 18.1 Å². The Bertz CT molecular complexity index is 2200. The number of rotatable bonds is 9. The Hall–Kier alpha value is -4.71. The molecule has 8 rings (SSSR count). The Morgan fingerprint density at radius 2 is 1.38 bits per heavy atom. The molecule has 2 amide bonds. The highest BCUT2D eigenvalue weighted by Crippen LogP contribution is 2.44. The number of benzene rings is 4. The third kappa shape index (κ3) is 6.91. The van der Waals surface area contributed by atoms with Crippen molar-refractivity contribution in [1.29, 1.82) is 0 Å². The zero-order valence-electron chi connectivity index (χ0n) is 32.4. The summed E-state index contributed by atoms with van der Waals surface area (Å²) in [4.78, 5) is 14.8. The summed E-state index contributed by atoms with van der Waals surface area (Å²) in [5.74, 6) is 0.314. The maximum atomic E-state index is 16.3. The van der Waals surface area contributed by atoms with Crippen LogP contribution < -0.4 is 14.8 Å². The normalized spacial score (nSPS) is 17.7. The molecule has 0 spiro atoms. The number of fused-ring (bicyclic) bond motifs is 3. The number of carbonyl (C=O) groups excluding carboxylic acids is 1. The average Bonchev–Trinajstić information content (AvgIpc) is 3.95. The first-order valence-electron chi connectivity index (χ1n) is 19.4. The second-order valence-corrected chi connectivity index (χ2v) is 23.2. The van der Waals surface area contributed by atoms with Crippen molar-refractivity contribution in [2.24, 2.45) is 4.36 Å². The molecule has 4 aromatic carbocycles. The topological polar surface area (TPSA) is 107 Å². The minimum Gasteiger partial charge on any atom is -0.474 e. The monoisotopic (exact) mass is 773 g/mol. The van der Waals surface area contributed by atoms with Gasteiger partial charge >= 0.3 is 6.03 Å². The maximum Gasteiger partial charge on any atom is 0.331 e. The molecule has 11 heteroatoms. The number of anilines is 1. The molecule has 9 nitrogen and oxygen atoms in total. The number of aryl methyl sites for hydroxylation is 2. The first-order chi connectivity index (χ1) is 26.4. The van der Waals surface area contributed by atoms with Gasteiger partial charge in [0.1, 0.15) is 17.0 Å². The Balaban J connectivity index is 1.29. The molecule has 0 saturated heterocycles. The molecular weight excluding hydrogens is 723 g/mol. The number of hydrogen-bond donors (Lipinski definition) is 2. The van der Waals surface area contributed by atoms with Crippen LogP contribution in [0.15, 0.2) is 113 Å². The van der Waals surface area contributed by atoms with Crippen LogP contribution in [0.1, 0.15) is 72.6 Å². The maximum absolute atomic E-state index is 16.3. The largest absolute Gasteiger partial charge is 0.474 e. The fraction of sp³-hybridized carbons (Fsp3) is 0.364. The van der Waals surface area contributed by atoms with Gasteiger partial charge in [-0.1, -0.05) is 118 Å². The summed E-state index contributed by atoms with van der Waals surface area (Å²) in [5, 5.41) is 7.95. The molecule has 1 unspecified atom stereocenters. The number of carbonyl (C=O) groups is 1. The number of ether oxygens (including phenoxy) is 1. The second-order valence-electron chi connectivity index (χ2n) is 16.5. The van der Waals surface area contributed by atoms with Gasteiger partial charge in [0, 0.05) is 5.69 Å². The summed E-state index contributed by atoms with van der Waals surface area (Å²) < 4.78 is 39.6. The molecule has 1 aliphatic heterocycles. The summed E-state index contributed by atoms with van der Waals surface area (Å²) in [5.41, 5.74) is 6.91. The zero-order chi connectivity index (χ0) is 38.4.